The number of hydrogen-bond acceptors (Lipinski definition) is 5. The van der Waals surface area contributed by atoms with Crippen LogP contribution in [0.4, 0.5) is 0 Å². The van der Waals surface area contributed by atoms with E-state index in [0.717, 1.165) is 0 Å². The van der Waals surface area contributed by atoms with E-state index in [-0.39, 0.29) is 24.4 Å². The van der Waals surface area contributed by atoms with Crippen molar-refractivity contribution in [2.24, 2.45) is 5.90 Å². The molecule has 2 rings (SSSR count). The number of nitrogens with two attached hydrogens (primary N) is 1. The third-order valence-corrected chi connectivity index (χ3v) is 2.44. The Bertz CT molecular complexity index is 147. The molecule has 0 aliphatic carbocycles. The second-order valence-corrected chi connectivity index (χ2v) is 3.04. The van der Waals surface area contributed by atoms with Crippen molar-refractivity contribution in [3.8, 4) is 0 Å². The molecule has 5 nitrogen and oxygen atoms in total. The van der Waals surface area contributed by atoms with Crippen molar-refractivity contribution in [2.45, 2.75) is 24.4 Å². The van der Waals surface area contributed by atoms with Gasteiger partial charge in [-0.1, -0.05) is 0 Å². The van der Waals surface area contributed by atoms with Crippen LogP contribution in [0.2, 0.25) is 0 Å². The smallest absolute Gasteiger partial charge is 0.131 e. The van der Waals surface area contributed by atoms with E-state index >= 15 is 0 Å². The minimum absolute atomic E-state index is 0.0106. The molecule has 0 amide bonds. The lowest BCUT2D eigenvalue weighted by molar-refractivity contribution is -0.0428. The van der Waals surface area contributed by atoms with Gasteiger partial charge in [-0.2, -0.15) is 0 Å². The summed E-state index contributed by atoms with van der Waals surface area (Å²) in [6.45, 7) is 1.05. The van der Waals surface area contributed by atoms with Crippen LogP contribution in [0.5, 0.6) is 0 Å². The molecule has 0 saturated carbocycles. The molecular formula is C7H13NO4. The third kappa shape index (κ3) is 1.14. The van der Waals surface area contributed by atoms with E-state index in [2.05, 4.69) is 0 Å². The van der Waals surface area contributed by atoms with Crippen LogP contribution in [0, 0.1) is 0 Å². The Hall–Kier alpha value is -0.200. The van der Waals surface area contributed by atoms with Gasteiger partial charge in [0.15, 0.2) is 0 Å². The molecule has 2 N–H and O–H groups in total. The molecule has 4 atom stereocenters. The Morgan fingerprint density at radius 1 is 1.17 bits per heavy atom. The van der Waals surface area contributed by atoms with Crippen LogP contribution < -0.4 is 5.90 Å². The van der Waals surface area contributed by atoms with Crippen LogP contribution >= 0.6 is 0 Å². The highest BCUT2D eigenvalue weighted by Gasteiger charge is 2.48. The summed E-state index contributed by atoms with van der Waals surface area (Å²) in [6, 6.07) is 0. The summed E-state index contributed by atoms with van der Waals surface area (Å²) < 4.78 is 16.0. The van der Waals surface area contributed by atoms with Gasteiger partial charge >= 0.3 is 0 Å². The maximum Gasteiger partial charge on any atom is 0.131 e. The predicted octanol–water partition coefficient (Wildman–Crippen LogP) is -0.942. The summed E-state index contributed by atoms with van der Waals surface area (Å²) in [5.74, 6) is 5.08. The molecule has 2 heterocycles. The Labute approximate surface area is 70.7 Å². The molecule has 2 saturated heterocycles. The zero-order valence-electron chi connectivity index (χ0n) is 6.93. The van der Waals surface area contributed by atoms with Gasteiger partial charge < -0.3 is 14.2 Å². The lowest BCUT2D eigenvalue weighted by atomic mass is 10.1. The molecule has 5 heteroatoms. The number of fused-ring (bicyclic) bond motifs is 1. The van der Waals surface area contributed by atoms with Gasteiger partial charge in [-0.25, -0.2) is 5.90 Å². The third-order valence-electron chi connectivity index (χ3n) is 2.44. The van der Waals surface area contributed by atoms with Crippen molar-refractivity contribution in [2.75, 3.05) is 20.3 Å². The second kappa shape index (κ2) is 3.27. The molecule has 0 aromatic rings. The number of hydrogen-bond donors (Lipinski definition) is 1. The van der Waals surface area contributed by atoms with Crippen molar-refractivity contribution in [1.82, 2.24) is 0 Å². The average molecular weight is 175 g/mol. The van der Waals surface area contributed by atoms with Gasteiger partial charge in [-0.05, 0) is 0 Å². The zero-order chi connectivity index (χ0) is 8.55. The monoisotopic (exact) mass is 175 g/mol. The lowest BCUT2D eigenvalue weighted by Gasteiger charge is -2.13. The summed E-state index contributed by atoms with van der Waals surface area (Å²) in [5.41, 5.74) is 0. The molecule has 0 bridgehead atoms. The fraction of sp³-hybridized carbons (Fsp3) is 1.00. The molecular weight excluding hydrogens is 162 g/mol. The molecule has 70 valence electrons. The lowest BCUT2D eigenvalue weighted by Crippen LogP contribution is -2.34. The molecule has 12 heavy (non-hydrogen) atoms. The molecule has 2 aliphatic heterocycles. The maximum atomic E-state index is 5.43. The Morgan fingerprint density at radius 3 is 2.33 bits per heavy atom. The molecule has 0 aromatic carbocycles. The van der Waals surface area contributed by atoms with Gasteiger partial charge in [0.1, 0.15) is 24.4 Å². The van der Waals surface area contributed by atoms with Crippen LogP contribution in [0.15, 0.2) is 0 Å². The average Bonchev–Trinajstić information content (AvgIpc) is 2.62. The molecule has 0 aromatic heterocycles. The first-order valence-corrected chi connectivity index (χ1v) is 3.98. The van der Waals surface area contributed by atoms with Crippen molar-refractivity contribution >= 4 is 0 Å². The SMILES string of the molecule is COC1COC2C(ON)COC12. The predicted molar refractivity (Wildman–Crippen MR) is 39.3 cm³/mol. The fourth-order valence-corrected chi connectivity index (χ4v) is 1.75. The van der Waals surface area contributed by atoms with E-state index < -0.39 is 0 Å². The highest BCUT2D eigenvalue weighted by atomic mass is 16.7. The number of rotatable bonds is 2. The quantitative estimate of drug-likeness (QED) is 0.549. The molecule has 0 radical (unpaired) electrons. The van der Waals surface area contributed by atoms with Crippen LogP contribution in [-0.4, -0.2) is 44.7 Å². The maximum absolute atomic E-state index is 5.43. The summed E-state index contributed by atoms with van der Waals surface area (Å²) in [6.07, 6.45) is -0.186. The van der Waals surface area contributed by atoms with E-state index in [1.165, 1.54) is 0 Å². The van der Waals surface area contributed by atoms with Crippen LogP contribution in [0.1, 0.15) is 0 Å². The van der Waals surface area contributed by atoms with E-state index in [1.807, 2.05) is 0 Å². The van der Waals surface area contributed by atoms with E-state index in [0.29, 0.717) is 13.2 Å². The summed E-state index contributed by atoms with van der Waals surface area (Å²) >= 11 is 0. The van der Waals surface area contributed by atoms with Crippen LogP contribution in [0.3, 0.4) is 0 Å². The molecule has 0 spiro atoms. The standard InChI is InChI=1S/C7H13NO4/c1-9-4-2-10-7-5(12-8)3-11-6(4)7/h4-7H,2-3,8H2,1H3. The topological polar surface area (TPSA) is 62.9 Å². The fourth-order valence-electron chi connectivity index (χ4n) is 1.75. The minimum atomic E-state index is -0.143. The first-order chi connectivity index (χ1) is 5.86. The Balaban J connectivity index is 2.01. The highest BCUT2D eigenvalue weighted by Crippen LogP contribution is 2.29. The Morgan fingerprint density at radius 2 is 1.75 bits per heavy atom. The van der Waals surface area contributed by atoms with Gasteiger partial charge in [-0.3, -0.25) is 4.84 Å². The first kappa shape index (κ1) is 8.40. The Kier molecular flexibility index (Phi) is 2.29. The first-order valence-electron chi connectivity index (χ1n) is 3.98. The van der Waals surface area contributed by atoms with Gasteiger partial charge in [0.25, 0.3) is 0 Å². The van der Waals surface area contributed by atoms with E-state index in [1.54, 1.807) is 7.11 Å². The second-order valence-electron chi connectivity index (χ2n) is 3.04. The van der Waals surface area contributed by atoms with Gasteiger partial charge in [-0.15, -0.1) is 0 Å². The molecule has 2 fully saturated rings. The van der Waals surface area contributed by atoms with Gasteiger partial charge in [0.05, 0.1) is 13.2 Å². The van der Waals surface area contributed by atoms with Crippen molar-refractivity contribution < 1.29 is 19.0 Å². The molecule has 2 aliphatic rings. The van der Waals surface area contributed by atoms with E-state index in [9.17, 15) is 0 Å². The largest absolute Gasteiger partial charge is 0.376 e. The minimum Gasteiger partial charge on any atom is -0.376 e. The van der Waals surface area contributed by atoms with Crippen LogP contribution in [-0.2, 0) is 19.0 Å². The summed E-state index contributed by atoms with van der Waals surface area (Å²) in [5, 5.41) is 0. The van der Waals surface area contributed by atoms with Gasteiger partial charge in [0, 0.05) is 7.11 Å². The molecule has 4 unspecified atom stereocenters. The van der Waals surface area contributed by atoms with Crippen molar-refractivity contribution in [3.05, 3.63) is 0 Å². The van der Waals surface area contributed by atoms with Gasteiger partial charge in [0.2, 0.25) is 0 Å². The highest BCUT2D eigenvalue weighted by molar-refractivity contribution is 4.95. The zero-order valence-corrected chi connectivity index (χ0v) is 6.93. The normalized spacial score (nSPS) is 46.5. The number of ether oxygens (including phenoxy) is 3. The van der Waals surface area contributed by atoms with Crippen molar-refractivity contribution in [3.63, 3.8) is 0 Å². The van der Waals surface area contributed by atoms with Crippen LogP contribution in [0.25, 0.3) is 0 Å². The van der Waals surface area contributed by atoms with E-state index in [4.69, 9.17) is 24.9 Å². The number of methoxy groups -OCH3 is 1. The summed E-state index contributed by atoms with van der Waals surface area (Å²) in [4.78, 5) is 4.71. The summed E-state index contributed by atoms with van der Waals surface area (Å²) in [7, 11) is 1.65. The van der Waals surface area contributed by atoms with Crippen molar-refractivity contribution in [1.29, 1.82) is 0 Å².